The summed E-state index contributed by atoms with van der Waals surface area (Å²) in [7, 11) is 0. The van der Waals surface area contributed by atoms with Crippen molar-refractivity contribution in [2.45, 2.75) is 20.3 Å². The molecule has 2 aliphatic rings. The number of hydrogen-bond acceptors (Lipinski definition) is 3. The first-order valence-electron chi connectivity index (χ1n) is 8.48. The molecule has 1 aliphatic carbocycles. The molecule has 25 heavy (non-hydrogen) atoms. The number of hydrogen-bond donors (Lipinski definition) is 1. The van der Waals surface area contributed by atoms with Gasteiger partial charge in [-0.3, -0.25) is 14.4 Å². The van der Waals surface area contributed by atoms with Crippen molar-refractivity contribution in [3.63, 3.8) is 0 Å². The molecule has 1 saturated carbocycles. The predicted octanol–water partition coefficient (Wildman–Crippen LogP) is 1.91. The van der Waals surface area contributed by atoms with Gasteiger partial charge in [0, 0.05) is 43.8 Å². The summed E-state index contributed by atoms with van der Waals surface area (Å²) in [5.41, 5.74) is 1.62. The lowest BCUT2D eigenvalue weighted by Crippen LogP contribution is -2.50. The fraction of sp³-hybridized carbons (Fsp3) is 0.500. The van der Waals surface area contributed by atoms with Gasteiger partial charge in [-0.15, -0.1) is 0 Å². The van der Waals surface area contributed by atoms with Crippen LogP contribution in [0.15, 0.2) is 18.2 Å². The number of amides is 3. The minimum Gasteiger partial charge on any atom is -0.339 e. The largest absolute Gasteiger partial charge is 0.339 e. The van der Waals surface area contributed by atoms with Gasteiger partial charge in [-0.2, -0.15) is 0 Å². The van der Waals surface area contributed by atoms with Crippen molar-refractivity contribution in [3.8, 4) is 0 Å². The molecule has 1 heterocycles. The SMILES string of the molecule is CC(=O)N1CCN(C(=O)C2CC2C(=O)Nc2ccc(Cl)cc2C)CC1. The van der Waals surface area contributed by atoms with Crippen molar-refractivity contribution in [1.82, 2.24) is 9.80 Å². The Morgan fingerprint density at radius 3 is 2.32 bits per heavy atom. The number of carbonyl (C=O) groups excluding carboxylic acids is 3. The molecule has 2 unspecified atom stereocenters. The first-order valence-corrected chi connectivity index (χ1v) is 8.86. The van der Waals surface area contributed by atoms with E-state index in [1.807, 2.05) is 6.92 Å². The van der Waals surface area contributed by atoms with E-state index in [9.17, 15) is 14.4 Å². The quantitative estimate of drug-likeness (QED) is 0.891. The molecule has 6 nitrogen and oxygen atoms in total. The second-order valence-electron chi connectivity index (χ2n) is 6.73. The van der Waals surface area contributed by atoms with E-state index in [1.165, 1.54) is 6.92 Å². The van der Waals surface area contributed by atoms with Gasteiger partial charge in [0.15, 0.2) is 0 Å². The summed E-state index contributed by atoms with van der Waals surface area (Å²) in [6.07, 6.45) is 0.588. The van der Waals surface area contributed by atoms with Crippen molar-refractivity contribution >= 4 is 35.0 Å². The third kappa shape index (κ3) is 3.95. The maximum atomic E-state index is 12.5. The summed E-state index contributed by atoms with van der Waals surface area (Å²) in [4.78, 5) is 39.8. The molecule has 3 amide bonds. The van der Waals surface area contributed by atoms with E-state index in [0.717, 1.165) is 11.3 Å². The lowest BCUT2D eigenvalue weighted by atomic mass is 10.2. The van der Waals surface area contributed by atoms with Crippen LogP contribution in [-0.4, -0.2) is 53.7 Å². The van der Waals surface area contributed by atoms with Crippen LogP contribution in [0.5, 0.6) is 0 Å². The Morgan fingerprint density at radius 2 is 1.72 bits per heavy atom. The molecule has 1 aliphatic heterocycles. The Morgan fingerprint density at radius 1 is 1.08 bits per heavy atom. The van der Waals surface area contributed by atoms with Crippen molar-refractivity contribution in [2.24, 2.45) is 11.8 Å². The Balaban J connectivity index is 1.52. The standard InChI is InChI=1S/C18H22ClN3O3/c1-11-9-13(19)3-4-16(11)20-17(24)14-10-15(14)18(25)22-7-5-21(6-8-22)12(2)23/h3-4,9,14-15H,5-8,10H2,1-2H3,(H,20,24). The molecular weight excluding hydrogens is 342 g/mol. The summed E-state index contributed by atoms with van der Waals surface area (Å²) in [5, 5.41) is 3.51. The highest BCUT2D eigenvalue weighted by Crippen LogP contribution is 2.41. The van der Waals surface area contributed by atoms with E-state index < -0.39 is 0 Å². The van der Waals surface area contributed by atoms with Gasteiger partial charge in [0.2, 0.25) is 17.7 Å². The topological polar surface area (TPSA) is 69.7 Å². The molecule has 7 heteroatoms. The molecule has 0 bridgehead atoms. The van der Waals surface area contributed by atoms with Crippen LogP contribution in [0, 0.1) is 18.8 Å². The third-order valence-corrected chi connectivity index (χ3v) is 5.16. The average Bonchev–Trinajstić information content (AvgIpc) is 3.37. The van der Waals surface area contributed by atoms with E-state index in [1.54, 1.807) is 28.0 Å². The molecule has 1 aromatic rings. The number of rotatable bonds is 3. The minimum absolute atomic E-state index is 0.0242. The molecule has 1 aromatic carbocycles. The van der Waals surface area contributed by atoms with Gasteiger partial charge < -0.3 is 15.1 Å². The second kappa shape index (κ2) is 7.04. The van der Waals surface area contributed by atoms with Gasteiger partial charge in [-0.25, -0.2) is 0 Å². The van der Waals surface area contributed by atoms with Crippen molar-refractivity contribution in [1.29, 1.82) is 0 Å². The smallest absolute Gasteiger partial charge is 0.228 e. The van der Waals surface area contributed by atoms with Crippen LogP contribution in [0.4, 0.5) is 5.69 Å². The zero-order chi connectivity index (χ0) is 18.1. The van der Waals surface area contributed by atoms with Crippen LogP contribution in [0.2, 0.25) is 5.02 Å². The highest BCUT2D eigenvalue weighted by atomic mass is 35.5. The highest BCUT2D eigenvalue weighted by molar-refractivity contribution is 6.30. The summed E-state index contributed by atoms with van der Waals surface area (Å²) in [6.45, 7) is 5.63. The average molecular weight is 364 g/mol. The molecule has 2 fully saturated rings. The van der Waals surface area contributed by atoms with Crippen LogP contribution in [-0.2, 0) is 14.4 Å². The van der Waals surface area contributed by atoms with Gasteiger partial charge in [0.25, 0.3) is 0 Å². The van der Waals surface area contributed by atoms with Crippen molar-refractivity contribution in [3.05, 3.63) is 28.8 Å². The number of nitrogens with zero attached hydrogens (tertiary/aromatic N) is 2. The first-order chi connectivity index (χ1) is 11.9. The summed E-state index contributed by atoms with van der Waals surface area (Å²) < 4.78 is 0. The number of halogens is 1. The highest BCUT2D eigenvalue weighted by Gasteiger charge is 2.49. The fourth-order valence-corrected chi connectivity index (χ4v) is 3.45. The van der Waals surface area contributed by atoms with E-state index >= 15 is 0 Å². The van der Waals surface area contributed by atoms with Crippen LogP contribution in [0.1, 0.15) is 18.9 Å². The molecular formula is C18H22ClN3O3. The predicted molar refractivity (Wildman–Crippen MR) is 95.2 cm³/mol. The van der Waals surface area contributed by atoms with E-state index in [2.05, 4.69) is 5.32 Å². The van der Waals surface area contributed by atoms with Crippen LogP contribution < -0.4 is 5.32 Å². The molecule has 0 aromatic heterocycles. The Bertz CT molecular complexity index is 714. The summed E-state index contributed by atoms with van der Waals surface area (Å²) >= 11 is 5.92. The zero-order valence-electron chi connectivity index (χ0n) is 14.4. The van der Waals surface area contributed by atoms with E-state index in [4.69, 9.17) is 11.6 Å². The van der Waals surface area contributed by atoms with Gasteiger partial charge in [0.05, 0.1) is 11.8 Å². The fourth-order valence-electron chi connectivity index (χ4n) is 3.23. The summed E-state index contributed by atoms with van der Waals surface area (Å²) in [5.74, 6) is -0.568. The van der Waals surface area contributed by atoms with Gasteiger partial charge in [-0.05, 0) is 37.1 Å². The lowest BCUT2D eigenvalue weighted by molar-refractivity contribution is -0.139. The van der Waals surface area contributed by atoms with Gasteiger partial charge >= 0.3 is 0 Å². The second-order valence-corrected chi connectivity index (χ2v) is 7.16. The Hall–Kier alpha value is -2.08. The molecule has 1 saturated heterocycles. The number of piperazine rings is 1. The van der Waals surface area contributed by atoms with Crippen LogP contribution in [0.25, 0.3) is 0 Å². The minimum atomic E-state index is -0.270. The zero-order valence-corrected chi connectivity index (χ0v) is 15.2. The maximum absolute atomic E-state index is 12.5. The first kappa shape index (κ1) is 17.7. The molecule has 1 N–H and O–H groups in total. The van der Waals surface area contributed by atoms with Crippen LogP contribution in [0.3, 0.4) is 0 Å². The third-order valence-electron chi connectivity index (χ3n) is 4.93. The summed E-state index contributed by atoms with van der Waals surface area (Å²) in [6, 6.07) is 5.30. The number of anilines is 1. The monoisotopic (exact) mass is 363 g/mol. The Kier molecular flexibility index (Phi) is 4.99. The van der Waals surface area contributed by atoms with Gasteiger partial charge in [0.1, 0.15) is 0 Å². The van der Waals surface area contributed by atoms with E-state index in [-0.39, 0.29) is 29.6 Å². The van der Waals surface area contributed by atoms with E-state index in [0.29, 0.717) is 37.6 Å². The molecule has 134 valence electrons. The molecule has 0 spiro atoms. The lowest BCUT2D eigenvalue weighted by Gasteiger charge is -2.34. The number of aryl methyl sites for hydroxylation is 1. The van der Waals surface area contributed by atoms with Gasteiger partial charge in [-0.1, -0.05) is 11.6 Å². The number of nitrogens with one attached hydrogen (secondary N) is 1. The Labute approximate surface area is 152 Å². The number of carbonyl (C=O) groups is 3. The molecule has 0 radical (unpaired) electrons. The molecule has 3 rings (SSSR count). The van der Waals surface area contributed by atoms with Crippen molar-refractivity contribution < 1.29 is 14.4 Å². The maximum Gasteiger partial charge on any atom is 0.228 e. The van der Waals surface area contributed by atoms with Crippen LogP contribution >= 0.6 is 11.6 Å². The van der Waals surface area contributed by atoms with Crippen molar-refractivity contribution in [2.75, 3.05) is 31.5 Å². The normalized spacial score (nSPS) is 22.5. The number of benzene rings is 1. The molecule has 2 atom stereocenters.